The summed E-state index contributed by atoms with van der Waals surface area (Å²) in [6, 6.07) is 8.39. The zero-order valence-corrected chi connectivity index (χ0v) is 10.4. The zero-order valence-electron chi connectivity index (χ0n) is 10.4. The Labute approximate surface area is 98.1 Å². The lowest BCUT2D eigenvalue weighted by atomic mass is 10.1. The highest BCUT2D eigenvalue weighted by Gasteiger charge is 2.08. The molecule has 88 valence electrons. The Morgan fingerprint density at radius 1 is 1.31 bits per heavy atom. The molecule has 0 radical (unpaired) electrons. The van der Waals surface area contributed by atoms with Gasteiger partial charge in [-0.05, 0) is 25.8 Å². The van der Waals surface area contributed by atoms with Gasteiger partial charge in [-0.15, -0.1) is 0 Å². The molecule has 1 amide bonds. The standard InChI is InChI=1S/C14H21NO/c1-4-5-6-14(16)15-12(3)13-9-7-11(2)8-10-13/h7-10,12H,4-6H2,1-3H3,(H,15,16). The molecule has 0 bridgehead atoms. The van der Waals surface area contributed by atoms with Gasteiger partial charge in [0, 0.05) is 6.42 Å². The first-order valence-electron chi connectivity index (χ1n) is 5.99. The second kappa shape index (κ2) is 6.31. The van der Waals surface area contributed by atoms with Crippen molar-refractivity contribution in [3.8, 4) is 0 Å². The molecule has 0 heterocycles. The van der Waals surface area contributed by atoms with Crippen molar-refractivity contribution in [3.63, 3.8) is 0 Å². The lowest BCUT2D eigenvalue weighted by molar-refractivity contribution is -0.121. The summed E-state index contributed by atoms with van der Waals surface area (Å²) in [5, 5.41) is 3.01. The normalized spacial score (nSPS) is 12.2. The van der Waals surface area contributed by atoms with Crippen LogP contribution in [-0.2, 0) is 4.79 Å². The summed E-state index contributed by atoms with van der Waals surface area (Å²) in [6.45, 7) is 6.18. The number of hydrogen-bond acceptors (Lipinski definition) is 1. The van der Waals surface area contributed by atoms with Crippen LogP contribution in [0.2, 0.25) is 0 Å². The van der Waals surface area contributed by atoms with E-state index in [-0.39, 0.29) is 11.9 Å². The number of unbranched alkanes of at least 4 members (excludes halogenated alkanes) is 1. The number of benzene rings is 1. The van der Waals surface area contributed by atoms with E-state index in [1.165, 1.54) is 5.56 Å². The molecule has 0 aliphatic carbocycles. The molecule has 2 nitrogen and oxygen atoms in total. The Hall–Kier alpha value is -1.31. The van der Waals surface area contributed by atoms with Gasteiger partial charge in [0.25, 0.3) is 0 Å². The molecular weight excluding hydrogens is 198 g/mol. The molecule has 1 unspecified atom stereocenters. The largest absolute Gasteiger partial charge is 0.350 e. The molecule has 0 aromatic heterocycles. The third-order valence-corrected chi connectivity index (χ3v) is 2.71. The Bertz CT molecular complexity index is 329. The van der Waals surface area contributed by atoms with Crippen LogP contribution in [0.1, 0.15) is 50.3 Å². The van der Waals surface area contributed by atoms with E-state index in [4.69, 9.17) is 0 Å². The number of rotatable bonds is 5. The van der Waals surface area contributed by atoms with Gasteiger partial charge < -0.3 is 5.32 Å². The monoisotopic (exact) mass is 219 g/mol. The van der Waals surface area contributed by atoms with Gasteiger partial charge in [0.15, 0.2) is 0 Å². The first kappa shape index (κ1) is 12.8. The molecule has 1 aromatic carbocycles. The topological polar surface area (TPSA) is 29.1 Å². The van der Waals surface area contributed by atoms with Gasteiger partial charge in [-0.3, -0.25) is 4.79 Å². The first-order chi connectivity index (χ1) is 7.63. The van der Waals surface area contributed by atoms with Crippen LogP contribution in [0.3, 0.4) is 0 Å². The maximum atomic E-state index is 11.5. The number of aryl methyl sites for hydroxylation is 1. The second-order valence-electron chi connectivity index (χ2n) is 4.30. The van der Waals surface area contributed by atoms with E-state index in [1.54, 1.807) is 0 Å². The molecule has 1 rings (SSSR count). The zero-order chi connectivity index (χ0) is 12.0. The van der Waals surface area contributed by atoms with Crippen LogP contribution in [0.5, 0.6) is 0 Å². The molecule has 16 heavy (non-hydrogen) atoms. The van der Waals surface area contributed by atoms with Crippen LogP contribution >= 0.6 is 0 Å². The van der Waals surface area contributed by atoms with Crippen LogP contribution in [0, 0.1) is 6.92 Å². The van der Waals surface area contributed by atoms with Crippen molar-refractivity contribution in [2.75, 3.05) is 0 Å². The number of carbonyl (C=O) groups excluding carboxylic acids is 1. The van der Waals surface area contributed by atoms with Crippen LogP contribution in [0.4, 0.5) is 0 Å². The highest BCUT2D eigenvalue weighted by Crippen LogP contribution is 2.13. The van der Waals surface area contributed by atoms with Gasteiger partial charge in [-0.2, -0.15) is 0 Å². The van der Waals surface area contributed by atoms with Crippen molar-refractivity contribution < 1.29 is 4.79 Å². The van der Waals surface area contributed by atoms with Crippen LogP contribution in [0.25, 0.3) is 0 Å². The number of amides is 1. The molecule has 2 heteroatoms. The fraction of sp³-hybridized carbons (Fsp3) is 0.500. The molecule has 0 aliphatic heterocycles. The minimum absolute atomic E-state index is 0.102. The van der Waals surface area contributed by atoms with E-state index in [2.05, 4.69) is 43.4 Å². The van der Waals surface area contributed by atoms with Crippen molar-refractivity contribution in [1.29, 1.82) is 0 Å². The number of carbonyl (C=O) groups is 1. The van der Waals surface area contributed by atoms with E-state index in [0.29, 0.717) is 6.42 Å². The average molecular weight is 219 g/mol. The molecule has 1 N–H and O–H groups in total. The number of nitrogens with one attached hydrogen (secondary N) is 1. The molecule has 0 spiro atoms. The summed E-state index contributed by atoms with van der Waals surface area (Å²) in [5.74, 6) is 0.148. The molecule has 0 aliphatic rings. The van der Waals surface area contributed by atoms with Crippen molar-refractivity contribution in [2.45, 2.75) is 46.1 Å². The minimum atomic E-state index is 0.102. The van der Waals surface area contributed by atoms with Crippen molar-refractivity contribution in [3.05, 3.63) is 35.4 Å². The fourth-order valence-electron chi connectivity index (χ4n) is 1.59. The van der Waals surface area contributed by atoms with E-state index < -0.39 is 0 Å². The van der Waals surface area contributed by atoms with Gasteiger partial charge in [0.05, 0.1) is 6.04 Å². The summed E-state index contributed by atoms with van der Waals surface area (Å²) in [5.41, 5.74) is 2.41. The Balaban J connectivity index is 2.48. The SMILES string of the molecule is CCCCC(=O)NC(C)c1ccc(C)cc1. The van der Waals surface area contributed by atoms with E-state index in [0.717, 1.165) is 18.4 Å². The molecule has 0 fully saturated rings. The lowest BCUT2D eigenvalue weighted by Gasteiger charge is -2.14. The fourth-order valence-corrected chi connectivity index (χ4v) is 1.59. The predicted molar refractivity (Wildman–Crippen MR) is 67.3 cm³/mol. The van der Waals surface area contributed by atoms with Gasteiger partial charge in [0.2, 0.25) is 5.91 Å². The summed E-state index contributed by atoms with van der Waals surface area (Å²) >= 11 is 0. The third kappa shape index (κ3) is 4.05. The van der Waals surface area contributed by atoms with Crippen molar-refractivity contribution in [2.24, 2.45) is 0 Å². The lowest BCUT2D eigenvalue weighted by Crippen LogP contribution is -2.26. The maximum absolute atomic E-state index is 11.5. The first-order valence-corrected chi connectivity index (χ1v) is 5.99. The Morgan fingerprint density at radius 2 is 1.94 bits per heavy atom. The second-order valence-corrected chi connectivity index (χ2v) is 4.30. The predicted octanol–water partition coefficient (Wildman–Crippen LogP) is 3.36. The molecule has 0 saturated heterocycles. The van der Waals surface area contributed by atoms with Crippen LogP contribution < -0.4 is 5.32 Å². The quantitative estimate of drug-likeness (QED) is 0.808. The summed E-state index contributed by atoms with van der Waals surface area (Å²) < 4.78 is 0. The Morgan fingerprint density at radius 3 is 2.50 bits per heavy atom. The van der Waals surface area contributed by atoms with Gasteiger partial charge in [-0.1, -0.05) is 43.2 Å². The van der Waals surface area contributed by atoms with Gasteiger partial charge >= 0.3 is 0 Å². The van der Waals surface area contributed by atoms with Gasteiger partial charge in [-0.25, -0.2) is 0 Å². The molecule has 1 aromatic rings. The summed E-state index contributed by atoms with van der Waals surface area (Å²) in [4.78, 5) is 11.5. The smallest absolute Gasteiger partial charge is 0.220 e. The van der Waals surface area contributed by atoms with E-state index >= 15 is 0 Å². The molecule has 1 atom stereocenters. The van der Waals surface area contributed by atoms with Crippen molar-refractivity contribution >= 4 is 5.91 Å². The molecule has 0 saturated carbocycles. The Kier molecular flexibility index (Phi) is 5.03. The van der Waals surface area contributed by atoms with Crippen molar-refractivity contribution in [1.82, 2.24) is 5.32 Å². The summed E-state index contributed by atoms with van der Waals surface area (Å²) in [7, 11) is 0. The van der Waals surface area contributed by atoms with Crippen LogP contribution in [-0.4, -0.2) is 5.91 Å². The maximum Gasteiger partial charge on any atom is 0.220 e. The third-order valence-electron chi connectivity index (χ3n) is 2.71. The molecular formula is C14H21NO. The van der Waals surface area contributed by atoms with E-state index in [1.807, 2.05) is 6.92 Å². The highest BCUT2D eigenvalue weighted by atomic mass is 16.1. The van der Waals surface area contributed by atoms with Crippen LogP contribution in [0.15, 0.2) is 24.3 Å². The summed E-state index contributed by atoms with van der Waals surface area (Å²) in [6.07, 6.45) is 2.66. The minimum Gasteiger partial charge on any atom is -0.350 e. The highest BCUT2D eigenvalue weighted by molar-refractivity contribution is 5.76. The average Bonchev–Trinajstić information content (AvgIpc) is 2.27. The van der Waals surface area contributed by atoms with E-state index in [9.17, 15) is 4.79 Å². The van der Waals surface area contributed by atoms with Gasteiger partial charge in [0.1, 0.15) is 0 Å². The number of hydrogen-bond donors (Lipinski definition) is 1.